The minimum atomic E-state index is -0.738. The fourth-order valence-corrected chi connectivity index (χ4v) is 4.13. The van der Waals surface area contributed by atoms with Crippen molar-refractivity contribution in [3.8, 4) is 0 Å². The Labute approximate surface area is 180 Å². The van der Waals surface area contributed by atoms with Gasteiger partial charge in [0.15, 0.2) is 0 Å². The molecule has 2 aliphatic rings. The SMILES string of the molecule is Cc1ccc(C(C)(C)c2ccc(C)cc2N2C(=O)C=CC2=O)c(N2C(=O)C=CC2=O)c1. The number of rotatable bonds is 4. The van der Waals surface area contributed by atoms with E-state index in [9.17, 15) is 19.2 Å². The predicted octanol–water partition coefficient (Wildman–Crippen LogP) is 3.49. The Hall–Kier alpha value is -3.80. The number of carbonyl (C=O) groups is 4. The van der Waals surface area contributed by atoms with Crippen molar-refractivity contribution in [3.05, 3.63) is 83.0 Å². The van der Waals surface area contributed by atoms with E-state index in [1.165, 1.54) is 24.3 Å². The number of benzene rings is 2. The lowest BCUT2D eigenvalue weighted by Gasteiger charge is -2.34. The van der Waals surface area contributed by atoms with Crippen LogP contribution >= 0.6 is 0 Å². The lowest BCUT2D eigenvalue weighted by Crippen LogP contribution is -2.35. The van der Waals surface area contributed by atoms with Crippen molar-refractivity contribution in [1.82, 2.24) is 0 Å². The quantitative estimate of drug-likeness (QED) is 0.718. The van der Waals surface area contributed by atoms with Crippen molar-refractivity contribution in [1.29, 1.82) is 0 Å². The van der Waals surface area contributed by atoms with Crippen LogP contribution in [-0.2, 0) is 24.6 Å². The van der Waals surface area contributed by atoms with Crippen molar-refractivity contribution in [3.63, 3.8) is 0 Å². The van der Waals surface area contributed by atoms with Crippen molar-refractivity contribution >= 4 is 35.0 Å². The van der Waals surface area contributed by atoms with Crippen LogP contribution in [-0.4, -0.2) is 23.6 Å². The van der Waals surface area contributed by atoms with Crippen LogP contribution in [0.15, 0.2) is 60.7 Å². The van der Waals surface area contributed by atoms with E-state index in [0.717, 1.165) is 32.1 Å². The number of anilines is 2. The molecule has 4 amide bonds. The van der Waals surface area contributed by atoms with E-state index in [1.54, 1.807) is 0 Å². The van der Waals surface area contributed by atoms with Gasteiger partial charge in [-0.3, -0.25) is 19.2 Å². The fraction of sp³-hybridized carbons (Fsp3) is 0.200. The molecule has 6 heteroatoms. The predicted molar refractivity (Wildman–Crippen MR) is 118 cm³/mol. The Morgan fingerprint density at radius 3 is 1.23 bits per heavy atom. The molecule has 2 aliphatic heterocycles. The van der Waals surface area contributed by atoms with Gasteiger partial charge in [0.05, 0.1) is 11.4 Å². The van der Waals surface area contributed by atoms with Crippen LogP contribution < -0.4 is 9.80 Å². The Kier molecular flexibility index (Phi) is 4.73. The van der Waals surface area contributed by atoms with Crippen LogP contribution in [0.5, 0.6) is 0 Å². The van der Waals surface area contributed by atoms with E-state index in [0.29, 0.717) is 11.4 Å². The summed E-state index contributed by atoms with van der Waals surface area (Å²) >= 11 is 0. The second kappa shape index (κ2) is 7.16. The van der Waals surface area contributed by atoms with Gasteiger partial charge in [0.25, 0.3) is 23.6 Å². The molecule has 2 aromatic carbocycles. The zero-order chi connectivity index (χ0) is 22.5. The van der Waals surface area contributed by atoms with Gasteiger partial charge in [0, 0.05) is 29.7 Å². The van der Waals surface area contributed by atoms with Crippen molar-refractivity contribution in [2.45, 2.75) is 33.1 Å². The number of amides is 4. The number of aryl methyl sites for hydroxylation is 2. The monoisotopic (exact) mass is 414 g/mol. The first kappa shape index (κ1) is 20.5. The normalized spacial score (nSPS) is 16.3. The highest BCUT2D eigenvalue weighted by Crippen LogP contribution is 2.43. The van der Waals surface area contributed by atoms with Gasteiger partial charge in [-0.1, -0.05) is 38.1 Å². The molecule has 4 rings (SSSR count). The maximum absolute atomic E-state index is 12.4. The topological polar surface area (TPSA) is 74.8 Å². The molecule has 0 aromatic heterocycles. The zero-order valence-corrected chi connectivity index (χ0v) is 17.8. The lowest BCUT2D eigenvalue weighted by molar-refractivity contribution is -0.121. The molecular weight excluding hydrogens is 392 g/mol. The zero-order valence-electron chi connectivity index (χ0n) is 17.8. The summed E-state index contributed by atoms with van der Waals surface area (Å²) < 4.78 is 0. The Morgan fingerprint density at radius 2 is 0.903 bits per heavy atom. The first-order valence-electron chi connectivity index (χ1n) is 9.96. The van der Waals surface area contributed by atoms with Crippen LogP contribution in [0, 0.1) is 13.8 Å². The second-order valence-corrected chi connectivity index (χ2v) is 8.36. The lowest BCUT2D eigenvalue weighted by atomic mass is 9.75. The van der Waals surface area contributed by atoms with Crippen molar-refractivity contribution < 1.29 is 19.2 Å². The molecule has 0 atom stereocenters. The van der Waals surface area contributed by atoms with Gasteiger partial charge in [-0.2, -0.15) is 0 Å². The third-order valence-electron chi connectivity index (χ3n) is 5.75. The highest BCUT2D eigenvalue weighted by Gasteiger charge is 2.37. The third kappa shape index (κ3) is 3.30. The molecule has 0 bridgehead atoms. The van der Waals surface area contributed by atoms with Crippen LogP contribution in [0.2, 0.25) is 0 Å². The van der Waals surface area contributed by atoms with E-state index in [4.69, 9.17) is 0 Å². The molecule has 0 radical (unpaired) electrons. The van der Waals surface area contributed by atoms with Gasteiger partial charge in [-0.25, -0.2) is 9.80 Å². The minimum absolute atomic E-state index is 0.397. The fourth-order valence-electron chi connectivity index (χ4n) is 4.13. The molecule has 2 aromatic rings. The summed E-state index contributed by atoms with van der Waals surface area (Å²) in [6, 6.07) is 11.2. The number of nitrogens with zero attached hydrogens (tertiary/aromatic N) is 2. The molecule has 0 saturated carbocycles. The van der Waals surface area contributed by atoms with Gasteiger partial charge in [0.1, 0.15) is 0 Å². The van der Waals surface area contributed by atoms with Crippen LogP contribution in [0.1, 0.15) is 36.1 Å². The summed E-state index contributed by atoms with van der Waals surface area (Å²) in [6.07, 6.45) is 5.02. The van der Waals surface area contributed by atoms with Gasteiger partial charge in [-0.15, -0.1) is 0 Å². The Bertz CT molecular complexity index is 1090. The Morgan fingerprint density at radius 1 is 0.581 bits per heavy atom. The summed E-state index contributed by atoms with van der Waals surface area (Å²) in [5.41, 5.74) is 3.53. The highest BCUT2D eigenvalue weighted by molar-refractivity contribution is 6.29. The molecule has 0 saturated heterocycles. The maximum Gasteiger partial charge on any atom is 0.258 e. The number of imide groups is 2. The molecule has 0 fully saturated rings. The van der Waals surface area contributed by atoms with Crippen LogP contribution in [0.4, 0.5) is 11.4 Å². The molecule has 0 spiro atoms. The van der Waals surface area contributed by atoms with Gasteiger partial charge in [-0.05, 0) is 48.2 Å². The van der Waals surface area contributed by atoms with E-state index < -0.39 is 29.0 Å². The van der Waals surface area contributed by atoms with Crippen molar-refractivity contribution in [2.24, 2.45) is 0 Å². The molecule has 0 aliphatic carbocycles. The summed E-state index contributed by atoms with van der Waals surface area (Å²) in [5, 5.41) is 0. The highest BCUT2D eigenvalue weighted by atomic mass is 16.2. The molecule has 31 heavy (non-hydrogen) atoms. The summed E-state index contributed by atoms with van der Waals surface area (Å²) in [7, 11) is 0. The summed E-state index contributed by atoms with van der Waals surface area (Å²) in [5.74, 6) is -1.59. The number of carbonyl (C=O) groups excluding carboxylic acids is 4. The minimum Gasteiger partial charge on any atom is -0.269 e. The van der Waals surface area contributed by atoms with Gasteiger partial charge >= 0.3 is 0 Å². The molecule has 0 unspecified atom stereocenters. The van der Waals surface area contributed by atoms with Gasteiger partial charge in [0.2, 0.25) is 0 Å². The van der Waals surface area contributed by atoms with E-state index in [-0.39, 0.29) is 0 Å². The average Bonchev–Trinajstić information content (AvgIpc) is 3.21. The molecule has 0 N–H and O–H groups in total. The maximum atomic E-state index is 12.4. The van der Waals surface area contributed by atoms with E-state index >= 15 is 0 Å². The standard InChI is InChI=1S/C25H22N2O4/c1-15-5-7-17(19(13-15)26-21(28)9-10-22(26)29)25(3,4)18-8-6-16(2)14-20(18)27-23(30)11-12-24(27)31/h5-14H,1-4H3. The third-order valence-corrected chi connectivity index (χ3v) is 5.75. The number of hydrogen-bond acceptors (Lipinski definition) is 4. The first-order chi connectivity index (χ1) is 14.6. The molecule has 2 heterocycles. The van der Waals surface area contributed by atoms with Crippen LogP contribution in [0.3, 0.4) is 0 Å². The first-order valence-corrected chi connectivity index (χ1v) is 9.96. The number of hydrogen-bond donors (Lipinski definition) is 0. The average molecular weight is 414 g/mol. The van der Waals surface area contributed by atoms with Crippen LogP contribution in [0.25, 0.3) is 0 Å². The molecule has 6 nitrogen and oxygen atoms in total. The van der Waals surface area contributed by atoms with E-state index in [2.05, 4.69) is 0 Å². The summed E-state index contributed by atoms with van der Waals surface area (Å²) in [6.45, 7) is 7.69. The van der Waals surface area contributed by atoms with E-state index in [1.807, 2.05) is 64.1 Å². The summed E-state index contributed by atoms with van der Waals surface area (Å²) in [4.78, 5) is 52.0. The largest absolute Gasteiger partial charge is 0.269 e. The second-order valence-electron chi connectivity index (χ2n) is 8.36. The molecular formula is C25H22N2O4. The van der Waals surface area contributed by atoms with Crippen molar-refractivity contribution in [2.75, 3.05) is 9.80 Å². The Balaban J connectivity index is 1.92. The molecule has 156 valence electrons. The van der Waals surface area contributed by atoms with Gasteiger partial charge < -0.3 is 0 Å². The smallest absolute Gasteiger partial charge is 0.258 e.